The summed E-state index contributed by atoms with van der Waals surface area (Å²) in [4.78, 5) is 0. The van der Waals surface area contributed by atoms with Crippen LogP contribution < -0.4 is 0 Å². The monoisotopic (exact) mass is 260 g/mol. The standard InChI is InChI=1S/C16H24OSi/c1-7-11-13-16(10-4,14-12-8-2)17-18(5,6)15-9-3/h1,4,8-9H,2-3,11-15H2,5-6H3. The highest BCUT2D eigenvalue weighted by Gasteiger charge is 2.35. The molecule has 0 aromatic heterocycles. The third-order valence-corrected chi connectivity index (χ3v) is 5.01. The second-order valence-corrected chi connectivity index (χ2v) is 9.16. The number of hydrogen-bond donors (Lipinski definition) is 0. The topological polar surface area (TPSA) is 9.23 Å². The summed E-state index contributed by atoms with van der Waals surface area (Å²) in [6.07, 6.45) is 17.8. The number of terminal acetylenes is 2. The molecule has 1 unspecified atom stereocenters. The van der Waals surface area contributed by atoms with Gasteiger partial charge in [0.1, 0.15) is 5.60 Å². The van der Waals surface area contributed by atoms with E-state index in [1.165, 1.54) is 0 Å². The summed E-state index contributed by atoms with van der Waals surface area (Å²) in [7, 11) is -1.82. The molecule has 0 fully saturated rings. The van der Waals surface area contributed by atoms with Crippen LogP contribution >= 0.6 is 0 Å². The lowest BCUT2D eigenvalue weighted by Gasteiger charge is -2.36. The molecule has 0 aliphatic heterocycles. The SMILES string of the molecule is C#CCCC(C#C)(CCC=C)O[Si](C)(C)CC=C. The maximum absolute atomic E-state index is 6.31. The van der Waals surface area contributed by atoms with Crippen molar-refractivity contribution in [3.05, 3.63) is 25.3 Å². The highest BCUT2D eigenvalue weighted by Crippen LogP contribution is 2.29. The lowest BCUT2D eigenvalue weighted by molar-refractivity contribution is 0.104. The van der Waals surface area contributed by atoms with E-state index < -0.39 is 13.9 Å². The van der Waals surface area contributed by atoms with Gasteiger partial charge in [-0.1, -0.05) is 18.1 Å². The van der Waals surface area contributed by atoms with Crippen LogP contribution in [0.3, 0.4) is 0 Å². The molecule has 0 heterocycles. The van der Waals surface area contributed by atoms with E-state index in [9.17, 15) is 0 Å². The van der Waals surface area contributed by atoms with Crippen LogP contribution in [0.25, 0.3) is 0 Å². The summed E-state index contributed by atoms with van der Waals surface area (Å²) in [5.74, 6) is 5.48. The first-order chi connectivity index (χ1) is 8.45. The Morgan fingerprint density at radius 2 is 1.89 bits per heavy atom. The van der Waals surface area contributed by atoms with Gasteiger partial charge in [-0.15, -0.1) is 31.9 Å². The van der Waals surface area contributed by atoms with Gasteiger partial charge in [-0.05, 0) is 38.4 Å². The van der Waals surface area contributed by atoms with Gasteiger partial charge in [-0.3, -0.25) is 0 Å². The van der Waals surface area contributed by atoms with Crippen LogP contribution in [-0.2, 0) is 4.43 Å². The van der Waals surface area contributed by atoms with Crippen LogP contribution in [0, 0.1) is 24.7 Å². The van der Waals surface area contributed by atoms with Crippen LogP contribution in [0.5, 0.6) is 0 Å². The van der Waals surface area contributed by atoms with Gasteiger partial charge < -0.3 is 4.43 Å². The summed E-state index contributed by atoms with van der Waals surface area (Å²) in [5.41, 5.74) is -0.542. The molecule has 0 rings (SSSR count). The minimum absolute atomic E-state index is 0.542. The molecule has 0 saturated heterocycles. The molecule has 18 heavy (non-hydrogen) atoms. The van der Waals surface area contributed by atoms with E-state index in [0.29, 0.717) is 12.8 Å². The quantitative estimate of drug-likeness (QED) is 0.344. The summed E-state index contributed by atoms with van der Waals surface area (Å²) in [6.45, 7) is 11.8. The number of allylic oxidation sites excluding steroid dienone is 2. The first-order valence-electron chi connectivity index (χ1n) is 6.28. The van der Waals surface area contributed by atoms with E-state index >= 15 is 0 Å². The van der Waals surface area contributed by atoms with E-state index in [1.807, 2.05) is 12.2 Å². The third kappa shape index (κ3) is 5.91. The predicted octanol–water partition coefficient (Wildman–Crippen LogP) is 4.15. The molecule has 2 heteroatoms. The first-order valence-corrected chi connectivity index (χ1v) is 9.40. The van der Waals surface area contributed by atoms with Crippen LogP contribution in [0.15, 0.2) is 25.3 Å². The lowest BCUT2D eigenvalue weighted by Crippen LogP contribution is -2.43. The maximum atomic E-state index is 6.31. The average molecular weight is 260 g/mol. The zero-order chi connectivity index (χ0) is 14.1. The Labute approximate surface area is 113 Å². The second kappa shape index (κ2) is 7.98. The highest BCUT2D eigenvalue weighted by atomic mass is 28.4. The molecule has 1 atom stereocenters. The van der Waals surface area contributed by atoms with E-state index in [-0.39, 0.29) is 0 Å². The minimum Gasteiger partial charge on any atom is -0.401 e. The Balaban J connectivity index is 4.94. The van der Waals surface area contributed by atoms with E-state index in [2.05, 4.69) is 38.1 Å². The van der Waals surface area contributed by atoms with E-state index in [4.69, 9.17) is 17.3 Å². The smallest absolute Gasteiger partial charge is 0.192 e. The maximum Gasteiger partial charge on any atom is 0.192 e. The molecule has 0 aromatic rings. The van der Waals surface area contributed by atoms with Gasteiger partial charge >= 0.3 is 0 Å². The Hall–Kier alpha value is -1.22. The van der Waals surface area contributed by atoms with Crippen molar-refractivity contribution in [1.29, 1.82) is 0 Å². The van der Waals surface area contributed by atoms with Crippen molar-refractivity contribution in [2.75, 3.05) is 0 Å². The number of rotatable bonds is 9. The Bertz CT molecular complexity index is 356. The minimum atomic E-state index is -1.82. The van der Waals surface area contributed by atoms with Crippen LogP contribution in [0.2, 0.25) is 19.1 Å². The highest BCUT2D eigenvalue weighted by molar-refractivity contribution is 6.71. The van der Waals surface area contributed by atoms with Crippen molar-refractivity contribution < 1.29 is 4.43 Å². The Morgan fingerprint density at radius 3 is 2.33 bits per heavy atom. The predicted molar refractivity (Wildman–Crippen MR) is 82.6 cm³/mol. The molecule has 0 N–H and O–H groups in total. The van der Waals surface area contributed by atoms with Crippen molar-refractivity contribution in [1.82, 2.24) is 0 Å². The lowest BCUT2D eigenvalue weighted by atomic mass is 9.93. The average Bonchev–Trinajstić information content (AvgIpc) is 2.32. The van der Waals surface area contributed by atoms with Gasteiger partial charge in [0.05, 0.1) is 0 Å². The second-order valence-electron chi connectivity index (χ2n) is 5.02. The largest absolute Gasteiger partial charge is 0.401 e. The van der Waals surface area contributed by atoms with Gasteiger partial charge in [0.2, 0.25) is 0 Å². The third-order valence-electron chi connectivity index (χ3n) is 2.80. The van der Waals surface area contributed by atoms with Crippen molar-refractivity contribution in [2.24, 2.45) is 0 Å². The molecule has 0 bridgehead atoms. The molecule has 0 spiro atoms. The fourth-order valence-electron chi connectivity index (χ4n) is 1.93. The zero-order valence-corrected chi connectivity index (χ0v) is 12.7. The Kier molecular flexibility index (Phi) is 7.44. The van der Waals surface area contributed by atoms with Crippen LogP contribution in [-0.4, -0.2) is 13.9 Å². The van der Waals surface area contributed by atoms with E-state index in [1.54, 1.807) is 0 Å². The van der Waals surface area contributed by atoms with Crippen molar-refractivity contribution in [2.45, 2.75) is 50.4 Å². The van der Waals surface area contributed by atoms with Crippen molar-refractivity contribution in [3.8, 4) is 24.7 Å². The van der Waals surface area contributed by atoms with Crippen molar-refractivity contribution in [3.63, 3.8) is 0 Å². The number of hydrogen-bond acceptors (Lipinski definition) is 1. The normalized spacial score (nSPS) is 14.0. The van der Waals surface area contributed by atoms with E-state index in [0.717, 1.165) is 18.9 Å². The molecule has 0 radical (unpaired) electrons. The first kappa shape index (κ1) is 16.8. The Morgan fingerprint density at radius 1 is 1.22 bits per heavy atom. The fourth-order valence-corrected chi connectivity index (χ4v) is 4.03. The fraction of sp³-hybridized carbons (Fsp3) is 0.500. The molecule has 98 valence electrons. The van der Waals surface area contributed by atoms with Gasteiger partial charge in [0.15, 0.2) is 8.32 Å². The van der Waals surface area contributed by atoms with Gasteiger partial charge in [0.25, 0.3) is 0 Å². The molecular weight excluding hydrogens is 236 g/mol. The summed E-state index contributed by atoms with van der Waals surface area (Å²) < 4.78 is 6.31. The molecule has 0 aromatic carbocycles. The van der Waals surface area contributed by atoms with Crippen molar-refractivity contribution >= 4 is 8.32 Å². The molecule has 0 amide bonds. The zero-order valence-electron chi connectivity index (χ0n) is 11.7. The molecule has 0 aliphatic carbocycles. The molecule has 0 saturated carbocycles. The van der Waals surface area contributed by atoms with Gasteiger partial charge in [0, 0.05) is 6.42 Å². The molecular formula is C16H24OSi. The summed E-state index contributed by atoms with van der Waals surface area (Å²) in [6, 6.07) is 0.889. The van der Waals surface area contributed by atoms with Crippen LogP contribution in [0.1, 0.15) is 25.7 Å². The molecule has 1 nitrogen and oxygen atoms in total. The van der Waals surface area contributed by atoms with Gasteiger partial charge in [-0.2, -0.15) is 0 Å². The van der Waals surface area contributed by atoms with Gasteiger partial charge in [-0.25, -0.2) is 0 Å². The summed E-state index contributed by atoms with van der Waals surface area (Å²) in [5, 5.41) is 0. The van der Waals surface area contributed by atoms with Crippen LogP contribution in [0.4, 0.5) is 0 Å². The summed E-state index contributed by atoms with van der Waals surface area (Å²) >= 11 is 0. The molecule has 0 aliphatic rings.